The first-order chi connectivity index (χ1) is 11.2. The summed E-state index contributed by atoms with van der Waals surface area (Å²) in [5.74, 6) is -0.684. The van der Waals surface area contributed by atoms with E-state index in [0.29, 0.717) is 6.54 Å². The molecule has 0 atom stereocenters. The van der Waals surface area contributed by atoms with Gasteiger partial charge in [-0.1, -0.05) is 25.8 Å². The van der Waals surface area contributed by atoms with E-state index in [0.717, 1.165) is 31.4 Å². The second kappa shape index (κ2) is 9.30. The Balaban J connectivity index is 2.84. The number of ether oxygens (including phenoxy) is 1. The maximum absolute atomic E-state index is 12.7. The van der Waals surface area contributed by atoms with E-state index in [9.17, 15) is 18.0 Å². The lowest BCUT2D eigenvalue weighted by atomic mass is 10.1. The van der Waals surface area contributed by atoms with E-state index in [1.54, 1.807) is 13.8 Å². The van der Waals surface area contributed by atoms with Gasteiger partial charge in [0.05, 0.1) is 11.7 Å². The molecule has 0 fully saturated rings. The van der Waals surface area contributed by atoms with Crippen molar-refractivity contribution in [1.82, 2.24) is 5.32 Å². The van der Waals surface area contributed by atoms with Crippen LogP contribution in [0.15, 0.2) is 29.3 Å². The van der Waals surface area contributed by atoms with E-state index in [4.69, 9.17) is 4.74 Å². The van der Waals surface area contributed by atoms with Crippen molar-refractivity contribution in [2.75, 3.05) is 6.54 Å². The monoisotopic (exact) mass is 344 g/mol. The molecule has 134 valence electrons. The van der Waals surface area contributed by atoms with Gasteiger partial charge >= 0.3 is 6.18 Å². The fraction of sp³-hybridized carbons (Fsp3) is 0.529. The summed E-state index contributed by atoms with van der Waals surface area (Å²) in [7, 11) is 0. The molecule has 0 radical (unpaired) electrons. The number of carbonyl (C=O) groups is 1. The maximum atomic E-state index is 12.7. The lowest BCUT2D eigenvalue weighted by molar-refractivity contribution is -0.137. The SMILES string of the molecule is CCCCCN=C(NC(=O)c1cccc(C(F)(F)F)c1)OC(C)C. The van der Waals surface area contributed by atoms with E-state index < -0.39 is 17.6 Å². The number of alkyl halides is 3. The molecule has 7 heteroatoms. The van der Waals surface area contributed by atoms with Gasteiger partial charge in [-0.05, 0) is 38.5 Å². The zero-order valence-electron chi connectivity index (χ0n) is 14.1. The van der Waals surface area contributed by atoms with Crippen molar-refractivity contribution in [1.29, 1.82) is 0 Å². The van der Waals surface area contributed by atoms with Crippen LogP contribution in [-0.4, -0.2) is 24.6 Å². The van der Waals surface area contributed by atoms with Crippen LogP contribution in [0, 0.1) is 0 Å². The number of hydrogen-bond acceptors (Lipinski definition) is 3. The molecular weight excluding hydrogens is 321 g/mol. The zero-order valence-corrected chi connectivity index (χ0v) is 14.1. The van der Waals surface area contributed by atoms with Gasteiger partial charge in [0.25, 0.3) is 11.9 Å². The van der Waals surface area contributed by atoms with E-state index in [2.05, 4.69) is 17.2 Å². The van der Waals surface area contributed by atoms with Crippen molar-refractivity contribution in [3.63, 3.8) is 0 Å². The van der Waals surface area contributed by atoms with E-state index >= 15 is 0 Å². The average molecular weight is 344 g/mol. The van der Waals surface area contributed by atoms with Crippen LogP contribution >= 0.6 is 0 Å². The molecule has 0 bridgehead atoms. The number of carbonyl (C=O) groups excluding carboxylic acids is 1. The summed E-state index contributed by atoms with van der Waals surface area (Å²) in [6, 6.07) is 4.26. The predicted molar refractivity (Wildman–Crippen MR) is 87.0 cm³/mol. The van der Waals surface area contributed by atoms with Gasteiger partial charge in [-0.15, -0.1) is 0 Å². The molecule has 0 aliphatic carbocycles. The normalized spacial score (nSPS) is 12.4. The fourth-order valence-electron chi connectivity index (χ4n) is 1.88. The summed E-state index contributed by atoms with van der Waals surface area (Å²) >= 11 is 0. The zero-order chi connectivity index (χ0) is 18.2. The molecule has 1 rings (SSSR count). The van der Waals surface area contributed by atoms with Crippen LogP contribution in [-0.2, 0) is 10.9 Å². The molecule has 4 nitrogen and oxygen atoms in total. The van der Waals surface area contributed by atoms with Gasteiger partial charge in [0.15, 0.2) is 0 Å². The summed E-state index contributed by atoms with van der Waals surface area (Å²) in [6.45, 7) is 6.10. The van der Waals surface area contributed by atoms with Crippen LogP contribution in [0.3, 0.4) is 0 Å². The van der Waals surface area contributed by atoms with Crippen LogP contribution in [0.1, 0.15) is 56.0 Å². The Labute approximate surface area is 140 Å². The van der Waals surface area contributed by atoms with Crippen molar-refractivity contribution >= 4 is 11.9 Å². The first kappa shape index (κ1) is 20.0. The first-order valence-corrected chi connectivity index (χ1v) is 7.93. The molecule has 0 aliphatic rings. The number of unbranched alkanes of at least 4 members (excludes halogenated alkanes) is 2. The highest BCUT2D eigenvalue weighted by Crippen LogP contribution is 2.29. The van der Waals surface area contributed by atoms with Crippen molar-refractivity contribution in [2.24, 2.45) is 4.99 Å². The van der Waals surface area contributed by atoms with Gasteiger partial charge in [0.1, 0.15) is 0 Å². The minimum absolute atomic E-state index is 0.0310. The quantitative estimate of drug-likeness (QED) is 0.472. The Bertz CT molecular complexity index is 569. The van der Waals surface area contributed by atoms with E-state index in [1.165, 1.54) is 12.1 Å². The smallest absolute Gasteiger partial charge is 0.416 e. The lowest BCUT2D eigenvalue weighted by Gasteiger charge is -2.14. The summed E-state index contributed by atoms with van der Waals surface area (Å²) in [5, 5.41) is 2.44. The lowest BCUT2D eigenvalue weighted by Crippen LogP contribution is -2.34. The second-order valence-corrected chi connectivity index (χ2v) is 5.59. The minimum Gasteiger partial charge on any atom is -0.462 e. The molecule has 0 aromatic heterocycles. The largest absolute Gasteiger partial charge is 0.462 e. The number of hydrogen-bond donors (Lipinski definition) is 1. The summed E-state index contributed by atoms with van der Waals surface area (Å²) in [6.07, 6.45) is -1.83. The molecule has 0 saturated heterocycles. The van der Waals surface area contributed by atoms with Gasteiger partial charge in [-0.25, -0.2) is 4.99 Å². The Kier molecular flexibility index (Phi) is 7.74. The Morgan fingerprint density at radius 3 is 2.58 bits per heavy atom. The Morgan fingerprint density at radius 1 is 1.29 bits per heavy atom. The number of benzene rings is 1. The van der Waals surface area contributed by atoms with Gasteiger partial charge in [-0.3, -0.25) is 10.1 Å². The third-order valence-corrected chi connectivity index (χ3v) is 3.04. The first-order valence-electron chi connectivity index (χ1n) is 7.93. The van der Waals surface area contributed by atoms with E-state index in [1.807, 2.05) is 0 Å². The summed E-state index contributed by atoms with van der Waals surface area (Å²) < 4.78 is 43.6. The highest BCUT2D eigenvalue weighted by molar-refractivity contribution is 6.04. The van der Waals surface area contributed by atoms with Crippen LogP contribution in [0.25, 0.3) is 0 Å². The number of nitrogens with one attached hydrogen (secondary N) is 1. The molecule has 0 aliphatic heterocycles. The third kappa shape index (κ3) is 7.02. The number of rotatable bonds is 6. The second-order valence-electron chi connectivity index (χ2n) is 5.59. The van der Waals surface area contributed by atoms with Gasteiger partial charge in [0, 0.05) is 12.1 Å². The Hall–Kier alpha value is -2.05. The fourth-order valence-corrected chi connectivity index (χ4v) is 1.88. The topological polar surface area (TPSA) is 50.7 Å². The molecule has 0 heterocycles. The summed E-state index contributed by atoms with van der Waals surface area (Å²) in [5.41, 5.74) is -0.972. The van der Waals surface area contributed by atoms with Crippen LogP contribution in [0.5, 0.6) is 0 Å². The minimum atomic E-state index is -4.50. The van der Waals surface area contributed by atoms with Gasteiger partial charge in [-0.2, -0.15) is 13.2 Å². The highest BCUT2D eigenvalue weighted by atomic mass is 19.4. The number of nitrogens with zero attached hydrogens (tertiary/aromatic N) is 1. The van der Waals surface area contributed by atoms with Gasteiger partial charge < -0.3 is 4.74 Å². The molecule has 1 amide bonds. The van der Waals surface area contributed by atoms with Crippen molar-refractivity contribution in [3.8, 4) is 0 Å². The molecule has 1 aromatic carbocycles. The standard InChI is InChI=1S/C17H23F3N2O2/c1-4-5-6-10-21-16(24-12(2)3)22-15(23)13-8-7-9-14(11-13)17(18,19)20/h7-9,11-12H,4-6,10H2,1-3H3,(H,21,22,23). The highest BCUT2D eigenvalue weighted by Gasteiger charge is 2.31. The Morgan fingerprint density at radius 2 is 2.00 bits per heavy atom. The molecular formula is C17H23F3N2O2. The molecule has 1 aromatic rings. The third-order valence-electron chi connectivity index (χ3n) is 3.04. The number of halogens is 3. The maximum Gasteiger partial charge on any atom is 0.416 e. The molecule has 1 N–H and O–H groups in total. The number of amidine groups is 1. The van der Waals surface area contributed by atoms with Crippen LogP contribution in [0.4, 0.5) is 13.2 Å². The van der Waals surface area contributed by atoms with E-state index in [-0.39, 0.29) is 17.7 Å². The summed E-state index contributed by atoms with van der Waals surface area (Å²) in [4.78, 5) is 16.3. The van der Waals surface area contributed by atoms with Crippen molar-refractivity contribution in [3.05, 3.63) is 35.4 Å². The van der Waals surface area contributed by atoms with Crippen LogP contribution in [0.2, 0.25) is 0 Å². The molecule has 0 spiro atoms. The van der Waals surface area contributed by atoms with Gasteiger partial charge in [0.2, 0.25) is 0 Å². The number of amides is 1. The number of aliphatic imine (C=N–C) groups is 1. The van der Waals surface area contributed by atoms with Crippen molar-refractivity contribution < 1.29 is 22.7 Å². The average Bonchev–Trinajstić information content (AvgIpc) is 2.50. The molecule has 0 saturated carbocycles. The molecule has 0 unspecified atom stereocenters. The molecule has 24 heavy (non-hydrogen) atoms. The van der Waals surface area contributed by atoms with Crippen molar-refractivity contribution in [2.45, 2.75) is 52.3 Å². The predicted octanol–water partition coefficient (Wildman–Crippen LogP) is 4.41. The van der Waals surface area contributed by atoms with Crippen LogP contribution < -0.4 is 5.32 Å².